The molecule has 2 bridgehead atoms. The van der Waals surface area contributed by atoms with Crippen molar-refractivity contribution >= 4 is 23.5 Å². The van der Waals surface area contributed by atoms with Crippen LogP contribution in [0.3, 0.4) is 0 Å². The molecule has 3 N–H and O–H groups in total. The van der Waals surface area contributed by atoms with Crippen LogP contribution in [0, 0.1) is 23.7 Å². The average molecular weight is 418 g/mol. The monoisotopic (exact) mass is 418 g/mol. The fourth-order valence-electron chi connectivity index (χ4n) is 5.01. The second kappa shape index (κ2) is 8.99. The number of aliphatic carboxylic acids is 1. The lowest BCUT2D eigenvalue weighted by molar-refractivity contribution is -0.148. The Bertz CT molecular complexity index is 871. The van der Waals surface area contributed by atoms with Crippen molar-refractivity contribution in [3.8, 4) is 0 Å². The van der Waals surface area contributed by atoms with E-state index >= 15 is 0 Å². The van der Waals surface area contributed by atoms with Gasteiger partial charge in [0, 0.05) is 26.4 Å². The van der Waals surface area contributed by atoms with Crippen LogP contribution in [0.5, 0.6) is 0 Å². The molecule has 2 fully saturated rings. The van der Waals surface area contributed by atoms with E-state index in [4.69, 9.17) is 4.74 Å². The van der Waals surface area contributed by atoms with Crippen LogP contribution in [0.1, 0.15) is 44.1 Å². The van der Waals surface area contributed by atoms with E-state index in [0.29, 0.717) is 25.4 Å². The molecule has 9 nitrogen and oxygen atoms in total. The summed E-state index contributed by atoms with van der Waals surface area (Å²) in [4.78, 5) is 37.8. The molecule has 3 rings (SSSR count). The van der Waals surface area contributed by atoms with Gasteiger partial charge in [0.25, 0.3) is 5.91 Å². The lowest BCUT2D eigenvalue weighted by Gasteiger charge is -2.26. The minimum Gasteiger partial charge on any atom is -0.481 e. The van der Waals surface area contributed by atoms with Crippen molar-refractivity contribution in [2.75, 3.05) is 25.6 Å². The van der Waals surface area contributed by atoms with Gasteiger partial charge in [-0.15, -0.1) is 0 Å². The fourth-order valence-corrected chi connectivity index (χ4v) is 5.01. The van der Waals surface area contributed by atoms with Gasteiger partial charge < -0.3 is 20.5 Å². The summed E-state index contributed by atoms with van der Waals surface area (Å²) in [5.74, 6) is -3.28. The van der Waals surface area contributed by atoms with Gasteiger partial charge in [-0.25, -0.2) is 0 Å². The zero-order chi connectivity index (χ0) is 22.0. The molecule has 0 unspecified atom stereocenters. The predicted octanol–water partition coefficient (Wildman–Crippen LogP) is 1.91. The van der Waals surface area contributed by atoms with Crippen LogP contribution in [0.2, 0.25) is 0 Å². The highest BCUT2D eigenvalue weighted by Crippen LogP contribution is 2.57. The molecule has 2 aliphatic rings. The first-order valence-corrected chi connectivity index (χ1v) is 10.4. The van der Waals surface area contributed by atoms with E-state index in [1.807, 2.05) is 20.8 Å². The van der Waals surface area contributed by atoms with Gasteiger partial charge in [0.15, 0.2) is 5.69 Å². The Morgan fingerprint density at radius 3 is 2.47 bits per heavy atom. The molecule has 4 atom stereocenters. The summed E-state index contributed by atoms with van der Waals surface area (Å²) in [5.41, 5.74) is 2.62. The quantitative estimate of drug-likeness (QED) is 0.438. The van der Waals surface area contributed by atoms with Gasteiger partial charge in [-0.1, -0.05) is 11.1 Å². The Morgan fingerprint density at radius 1 is 1.23 bits per heavy atom. The largest absolute Gasteiger partial charge is 0.481 e. The van der Waals surface area contributed by atoms with Crippen molar-refractivity contribution in [1.29, 1.82) is 0 Å². The molecule has 0 spiro atoms. The van der Waals surface area contributed by atoms with Crippen molar-refractivity contribution in [1.82, 2.24) is 15.1 Å². The van der Waals surface area contributed by atoms with Crippen molar-refractivity contribution < 1.29 is 24.2 Å². The highest BCUT2D eigenvalue weighted by atomic mass is 16.5. The normalized spacial score (nSPS) is 24.7. The van der Waals surface area contributed by atoms with Gasteiger partial charge in [-0.05, 0) is 45.4 Å². The van der Waals surface area contributed by atoms with Crippen LogP contribution in [0.25, 0.3) is 0 Å². The van der Waals surface area contributed by atoms with Crippen molar-refractivity contribution in [2.45, 2.75) is 40.2 Å². The average Bonchev–Trinajstić information content (AvgIpc) is 3.38. The maximum atomic E-state index is 13.2. The van der Waals surface area contributed by atoms with E-state index in [0.717, 1.165) is 24.0 Å². The number of carboxylic acid groups (broad SMARTS) is 1. The molecular weight excluding hydrogens is 388 g/mol. The Morgan fingerprint density at radius 2 is 1.90 bits per heavy atom. The number of nitrogens with zero attached hydrogens (tertiary/aromatic N) is 2. The minimum atomic E-state index is -0.942. The number of aryl methyl sites for hydroxylation is 1. The number of rotatable bonds is 8. The lowest BCUT2D eigenvalue weighted by Crippen LogP contribution is -2.38. The second-order valence-electron chi connectivity index (χ2n) is 8.12. The van der Waals surface area contributed by atoms with Crippen LogP contribution in [0.4, 0.5) is 5.69 Å². The number of hydrogen-bond acceptors (Lipinski definition) is 5. The Balaban J connectivity index is 1.85. The molecule has 30 heavy (non-hydrogen) atoms. The smallest absolute Gasteiger partial charge is 0.307 e. The third-order valence-electron chi connectivity index (χ3n) is 6.16. The number of carbonyl (C=O) groups is 3. The van der Waals surface area contributed by atoms with Crippen LogP contribution >= 0.6 is 0 Å². The first-order valence-electron chi connectivity index (χ1n) is 10.4. The number of hydrogen-bond donors (Lipinski definition) is 3. The molecule has 2 aliphatic carbocycles. The lowest BCUT2D eigenvalue weighted by atomic mass is 9.78. The van der Waals surface area contributed by atoms with E-state index in [1.54, 1.807) is 18.0 Å². The maximum Gasteiger partial charge on any atom is 0.307 e. The summed E-state index contributed by atoms with van der Waals surface area (Å²) in [6, 6.07) is 0. The first kappa shape index (κ1) is 22.0. The van der Waals surface area contributed by atoms with Gasteiger partial charge in [0.2, 0.25) is 5.91 Å². The van der Waals surface area contributed by atoms with Gasteiger partial charge in [-0.2, -0.15) is 5.10 Å². The number of anilines is 1. The number of methoxy groups -OCH3 is 1. The van der Waals surface area contributed by atoms with Crippen molar-refractivity contribution in [2.24, 2.45) is 23.7 Å². The summed E-state index contributed by atoms with van der Waals surface area (Å²) < 4.78 is 6.51. The van der Waals surface area contributed by atoms with Crippen LogP contribution in [-0.2, 0) is 20.9 Å². The topological polar surface area (TPSA) is 123 Å². The summed E-state index contributed by atoms with van der Waals surface area (Å²) >= 11 is 0. The Hall–Kier alpha value is -2.68. The molecule has 9 heteroatoms. The summed E-state index contributed by atoms with van der Waals surface area (Å²) in [6.07, 6.45) is 3.21. The van der Waals surface area contributed by atoms with E-state index in [1.165, 1.54) is 0 Å². The van der Waals surface area contributed by atoms with Gasteiger partial charge in [0.05, 0.1) is 24.1 Å². The fraction of sp³-hybridized carbons (Fsp3) is 0.619. The molecule has 164 valence electrons. The zero-order valence-corrected chi connectivity index (χ0v) is 17.9. The van der Waals surface area contributed by atoms with Gasteiger partial charge in [0.1, 0.15) is 0 Å². The number of allylic oxidation sites excluding steroid dienone is 2. The third kappa shape index (κ3) is 3.98. The predicted molar refractivity (Wildman–Crippen MR) is 110 cm³/mol. The van der Waals surface area contributed by atoms with Crippen LogP contribution in [-0.4, -0.2) is 52.9 Å². The number of ether oxygens (including phenoxy) is 1. The molecule has 0 saturated heterocycles. The zero-order valence-electron chi connectivity index (χ0n) is 17.9. The highest BCUT2D eigenvalue weighted by molar-refractivity contribution is 6.03. The summed E-state index contributed by atoms with van der Waals surface area (Å²) in [7, 11) is 1.54. The molecule has 0 radical (unpaired) electrons. The summed E-state index contributed by atoms with van der Waals surface area (Å²) in [6.45, 7) is 7.05. The summed E-state index contributed by atoms with van der Waals surface area (Å²) in [5, 5.41) is 19.6. The molecule has 1 aromatic heterocycles. The molecule has 1 aromatic rings. The van der Waals surface area contributed by atoms with E-state index in [-0.39, 0.29) is 23.4 Å². The number of carbonyl (C=O) groups excluding carboxylic acids is 2. The van der Waals surface area contributed by atoms with E-state index < -0.39 is 23.7 Å². The molecule has 0 aliphatic heterocycles. The second-order valence-corrected chi connectivity index (χ2v) is 8.12. The van der Waals surface area contributed by atoms with Crippen LogP contribution in [0.15, 0.2) is 17.3 Å². The number of aromatic nitrogens is 2. The standard InChI is InChI=1S/C21H30N4O5/c1-5-25-10-14(18(24-25)20(27)22-8-9-30-4)23-19(26)16-12-6-7-13(15(12)11(2)3)17(16)21(28)29/h10,12-13,16-17H,5-9H2,1-4H3,(H,22,27)(H,23,26)(H,28,29)/t12-,13+,16-,17-/m0/s1. The van der Waals surface area contributed by atoms with Gasteiger partial charge >= 0.3 is 5.97 Å². The minimum absolute atomic E-state index is 0.0682. The molecule has 2 amide bonds. The number of nitrogens with one attached hydrogen (secondary N) is 2. The van der Waals surface area contributed by atoms with Crippen molar-refractivity contribution in [3.63, 3.8) is 0 Å². The third-order valence-corrected chi connectivity index (χ3v) is 6.16. The number of carboxylic acids is 1. The Kier molecular flexibility index (Phi) is 6.60. The molecular formula is C21H30N4O5. The van der Waals surface area contributed by atoms with Crippen molar-refractivity contribution in [3.05, 3.63) is 23.0 Å². The molecule has 0 aromatic carbocycles. The number of amides is 2. The highest BCUT2D eigenvalue weighted by Gasteiger charge is 2.57. The maximum absolute atomic E-state index is 13.2. The van der Waals surface area contributed by atoms with Gasteiger partial charge in [-0.3, -0.25) is 19.1 Å². The molecule has 1 heterocycles. The SMILES string of the molecule is CCn1cc(NC(=O)[C@@H]2[C@@H](C(=O)O)[C@@H]3CC[C@H]2C3=C(C)C)c(C(=O)NCCOC)n1. The van der Waals surface area contributed by atoms with E-state index in [9.17, 15) is 19.5 Å². The Labute approximate surface area is 175 Å². The van der Waals surface area contributed by atoms with Crippen LogP contribution < -0.4 is 10.6 Å². The molecule has 2 saturated carbocycles. The number of fused-ring (bicyclic) bond motifs is 2. The van der Waals surface area contributed by atoms with E-state index in [2.05, 4.69) is 15.7 Å². The first-order chi connectivity index (χ1) is 14.3.